The Morgan fingerprint density at radius 2 is 1.93 bits per heavy atom. The van der Waals surface area contributed by atoms with E-state index in [0.29, 0.717) is 22.3 Å². The van der Waals surface area contributed by atoms with Crippen LogP contribution in [0.2, 0.25) is 5.02 Å². The van der Waals surface area contributed by atoms with Crippen LogP contribution in [0.25, 0.3) is 10.9 Å². The van der Waals surface area contributed by atoms with Gasteiger partial charge in [0.1, 0.15) is 5.75 Å². The van der Waals surface area contributed by atoms with Crippen molar-refractivity contribution in [1.29, 1.82) is 0 Å². The second kappa shape index (κ2) is 7.92. The highest BCUT2D eigenvalue weighted by molar-refractivity contribution is 8.02. The Bertz CT molecular complexity index is 1120. The molecule has 0 aliphatic heterocycles. The van der Waals surface area contributed by atoms with Crippen LogP contribution in [-0.2, 0) is 4.79 Å². The second-order valence-corrected chi connectivity index (χ2v) is 8.68. The van der Waals surface area contributed by atoms with E-state index in [-0.39, 0.29) is 31.6 Å². The lowest BCUT2D eigenvalue weighted by Crippen LogP contribution is -2.12. The molecule has 0 bridgehead atoms. The number of hydrogen-bond donors (Lipinski definition) is 0. The van der Waals surface area contributed by atoms with Gasteiger partial charge in [-0.2, -0.15) is 13.2 Å². The van der Waals surface area contributed by atoms with E-state index in [1.807, 2.05) is 0 Å². The summed E-state index contributed by atoms with van der Waals surface area (Å²) >= 11 is 6.62. The van der Waals surface area contributed by atoms with Gasteiger partial charge in [0.25, 0.3) is 5.91 Å². The fourth-order valence-corrected chi connectivity index (χ4v) is 4.78. The Morgan fingerprint density at radius 1 is 1.24 bits per heavy atom. The van der Waals surface area contributed by atoms with E-state index in [2.05, 4.69) is 0 Å². The van der Waals surface area contributed by atoms with Gasteiger partial charge in [-0.1, -0.05) is 11.6 Å². The molecule has 0 spiro atoms. The van der Waals surface area contributed by atoms with Gasteiger partial charge in [0.05, 0.1) is 32.4 Å². The number of ether oxygens (including phenoxy) is 2. The number of hydrogen-bond acceptors (Lipinski definition) is 6. The van der Waals surface area contributed by atoms with Crippen LogP contribution in [0.3, 0.4) is 0 Å². The molecule has 3 rings (SSSR count). The number of rotatable bonds is 4. The number of fused-ring (bicyclic) bond motifs is 1. The zero-order valence-electron chi connectivity index (χ0n) is 15.2. The Kier molecular flexibility index (Phi) is 5.88. The summed E-state index contributed by atoms with van der Waals surface area (Å²) in [6.07, 6.45) is 0. The van der Waals surface area contributed by atoms with Crippen LogP contribution in [0.1, 0.15) is 22.3 Å². The maximum atomic E-state index is 13.1. The maximum absolute atomic E-state index is 13.1. The SMILES string of the molecule is COc1cc2c(OC(C)=O)c(C)n(C(=O)c3ccc(SC(F)(F)F)s3)c2cc1Cl. The van der Waals surface area contributed by atoms with Crippen LogP contribution in [0.4, 0.5) is 13.2 Å². The topological polar surface area (TPSA) is 57.5 Å². The number of alkyl halides is 3. The van der Waals surface area contributed by atoms with Crippen LogP contribution < -0.4 is 9.47 Å². The number of nitrogens with zero attached hydrogens (tertiary/aromatic N) is 1. The molecular formula is C18H13ClF3NO4S2. The molecule has 3 aromatic rings. The van der Waals surface area contributed by atoms with Crippen molar-refractivity contribution in [3.05, 3.63) is 39.9 Å². The number of carbonyl (C=O) groups excluding carboxylic acids is 2. The summed E-state index contributed by atoms with van der Waals surface area (Å²) in [6.45, 7) is 2.78. The quantitative estimate of drug-likeness (QED) is 0.356. The minimum absolute atomic E-state index is 0.0603. The molecule has 0 N–H and O–H groups in total. The molecule has 29 heavy (non-hydrogen) atoms. The van der Waals surface area contributed by atoms with Crippen molar-refractivity contribution in [3.63, 3.8) is 0 Å². The van der Waals surface area contributed by atoms with E-state index in [9.17, 15) is 22.8 Å². The van der Waals surface area contributed by atoms with Crippen molar-refractivity contribution in [3.8, 4) is 11.5 Å². The average molecular weight is 464 g/mol. The Labute approximate surface area is 176 Å². The standard InChI is InChI=1S/C18H13ClF3NO4S2/c1-8-16(27-9(2)24)10-6-13(26-3)11(19)7-12(10)23(8)17(25)14-4-5-15(28-14)29-18(20,21)22/h4-7H,1-3H3. The number of benzene rings is 1. The highest BCUT2D eigenvalue weighted by Gasteiger charge is 2.31. The normalized spacial score (nSPS) is 11.7. The number of halogens is 4. The highest BCUT2D eigenvalue weighted by atomic mass is 35.5. The van der Waals surface area contributed by atoms with E-state index >= 15 is 0 Å². The first-order valence-electron chi connectivity index (χ1n) is 7.99. The molecule has 0 aliphatic rings. The zero-order chi connectivity index (χ0) is 21.5. The summed E-state index contributed by atoms with van der Waals surface area (Å²) in [6, 6.07) is 5.57. The van der Waals surface area contributed by atoms with E-state index in [1.54, 1.807) is 6.92 Å². The highest BCUT2D eigenvalue weighted by Crippen LogP contribution is 2.42. The molecule has 5 nitrogen and oxygen atoms in total. The molecule has 154 valence electrons. The minimum atomic E-state index is -4.45. The van der Waals surface area contributed by atoms with Crippen LogP contribution in [0.5, 0.6) is 11.5 Å². The molecule has 0 unspecified atom stereocenters. The summed E-state index contributed by atoms with van der Waals surface area (Å²) in [5, 5.41) is 0.633. The van der Waals surface area contributed by atoms with Gasteiger partial charge in [0, 0.05) is 12.3 Å². The largest absolute Gasteiger partial charge is 0.495 e. The van der Waals surface area contributed by atoms with Crippen LogP contribution in [0, 0.1) is 6.92 Å². The Balaban J connectivity index is 2.15. The lowest BCUT2D eigenvalue weighted by Gasteiger charge is -2.07. The number of carbonyl (C=O) groups is 2. The van der Waals surface area contributed by atoms with Gasteiger partial charge >= 0.3 is 11.5 Å². The molecule has 0 fully saturated rings. The number of thiophene rings is 1. The van der Waals surface area contributed by atoms with Gasteiger partial charge in [0.2, 0.25) is 0 Å². The monoisotopic (exact) mass is 463 g/mol. The van der Waals surface area contributed by atoms with Gasteiger partial charge in [-0.15, -0.1) is 11.3 Å². The molecule has 2 aromatic heterocycles. The third kappa shape index (κ3) is 4.39. The lowest BCUT2D eigenvalue weighted by atomic mass is 10.2. The van der Waals surface area contributed by atoms with E-state index in [0.717, 1.165) is 11.3 Å². The Hall–Kier alpha value is -2.17. The van der Waals surface area contributed by atoms with Crippen molar-refractivity contribution < 1.29 is 32.2 Å². The van der Waals surface area contributed by atoms with Gasteiger partial charge < -0.3 is 9.47 Å². The molecular weight excluding hydrogens is 451 g/mol. The fourth-order valence-electron chi connectivity index (χ4n) is 2.79. The molecule has 0 amide bonds. The molecule has 1 aromatic carbocycles. The minimum Gasteiger partial charge on any atom is -0.495 e. The van der Waals surface area contributed by atoms with Crippen molar-refractivity contribution in [2.45, 2.75) is 23.6 Å². The smallest absolute Gasteiger partial charge is 0.447 e. The van der Waals surface area contributed by atoms with E-state index in [1.165, 1.54) is 42.9 Å². The maximum Gasteiger partial charge on any atom is 0.447 e. The third-order valence-corrected chi connectivity index (χ3v) is 6.11. The molecule has 11 heteroatoms. The van der Waals surface area contributed by atoms with Crippen LogP contribution in [0.15, 0.2) is 28.5 Å². The molecule has 2 heterocycles. The second-order valence-electron chi connectivity index (χ2n) is 5.82. The van der Waals surface area contributed by atoms with Crippen LogP contribution in [-0.4, -0.2) is 29.1 Å². The number of thioether (sulfide) groups is 1. The summed E-state index contributed by atoms with van der Waals surface area (Å²) < 4.78 is 49.4. The van der Waals surface area contributed by atoms with Crippen molar-refractivity contribution in [2.75, 3.05) is 7.11 Å². The van der Waals surface area contributed by atoms with Crippen LogP contribution >= 0.6 is 34.7 Å². The van der Waals surface area contributed by atoms with Gasteiger partial charge in [-0.05, 0) is 43.0 Å². The zero-order valence-corrected chi connectivity index (χ0v) is 17.6. The van der Waals surface area contributed by atoms with Crippen molar-refractivity contribution in [2.24, 2.45) is 0 Å². The van der Waals surface area contributed by atoms with Gasteiger partial charge in [-0.25, -0.2) is 0 Å². The first-order chi connectivity index (χ1) is 13.5. The third-order valence-electron chi connectivity index (χ3n) is 3.88. The summed E-state index contributed by atoms with van der Waals surface area (Å²) in [4.78, 5) is 24.7. The summed E-state index contributed by atoms with van der Waals surface area (Å²) in [5.41, 5.74) is -3.80. The molecule has 0 saturated carbocycles. The van der Waals surface area contributed by atoms with E-state index < -0.39 is 17.4 Å². The van der Waals surface area contributed by atoms with Gasteiger partial charge in [0.15, 0.2) is 5.75 Å². The summed E-state index contributed by atoms with van der Waals surface area (Å²) in [5.74, 6) is -0.686. The van der Waals surface area contributed by atoms with E-state index in [4.69, 9.17) is 21.1 Å². The lowest BCUT2D eigenvalue weighted by molar-refractivity contribution is -0.131. The van der Waals surface area contributed by atoms with Crippen molar-refractivity contribution in [1.82, 2.24) is 4.57 Å². The van der Waals surface area contributed by atoms with Gasteiger partial charge in [-0.3, -0.25) is 14.2 Å². The average Bonchev–Trinajstić information content (AvgIpc) is 3.15. The first-order valence-corrected chi connectivity index (χ1v) is 10.00. The number of esters is 1. The Morgan fingerprint density at radius 3 is 2.52 bits per heavy atom. The predicted octanol–water partition coefficient (Wildman–Crippen LogP) is 5.90. The summed E-state index contributed by atoms with van der Waals surface area (Å²) in [7, 11) is 1.42. The van der Waals surface area contributed by atoms with Crippen molar-refractivity contribution >= 4 is 57.5 Å². The molecule has 0 aliphatic carbocycles. The predicted molar refractivity (Wildman–Crippen MR) is 106 cm³/mol. The first kappa shape index (κ1) is 21.5. The fraction of sp³-hybridized carbons (Fsp3) is 0.222. The molecule has 0 saturated heterocycles. The molecule has 0 radical (unpaired) electrons. The molecule has 0 atom stereocenters. The number of methoxy groups -OCH3 is 1. The number of aromatic nitrogens is 1.